The minimum absolute atomic E-state index is 0.0210. The lowest BCUT2D eigenvalue weighted by atomic mass is 10.1. The first-order valence-corrected chi connectivity index (χ1v) is 6.51. The molecule has 0 aromatic carbocycles. The smallest absolute Gasteiger partial charge is 0.239 e. The van der Waals surface area contributed by atoms with E-state index in [0.29, 0.717) is 18.9 Å². The zero-order valence-corrected chi connectivity index (χ0v) is 12.2. The molecular formula is C13H23N5O. The molecule has 0 radical (unpaired) electrons. The van der Waals surface area contributed by atoms with Crippen LogP contribution >= 0.6 is 0 Å². The Morgan fingerprint density at radius 2 is 2.05 bits per heavy atom. The Hall–Kier alpha value is -1.69. The zero-order valence-electron chi connectivity index (χ0n) is 12.2. The Labute approximate surface area is 114 Å². The van der Waals surface area contributed by atoms with Gasteiger partial charge in [-0.05, 0) is 25.8 Å². The summed E-state index contributed by atoms with van der Waals surface area (Å²) in [6.07, 6.45) is 0.924. The molecule has 0 aliphatic heterocycles. The second-order valence-electron chi connectivity index (χ2n) is 4.62. The van der Waals surface area contributed by atoms with Gasteiger partial charge in [0.25, 0.3) is 0 Å². The van der Waals surface area contributed by atoms with E-state index < -0.39 is 0 Å². The zero-order chi connectivity index (χ0) is 14.4. The van der Waals surface area contributed by atoms with Crippen molar-refractivity contribution in [3.05, 3.63) is 16.8 Å². The van der Waals surface area contributed by atoms with E-state index in [1.54, 1.807) is 4.90 Å². The van der Waals surface area contributed by atoms with Crippen LogP contribution in [0.15, 0.2) is 0 Å². The number of carbonyl (C=O) groups excluding carboxylic acids is 1. The highest BCUT2D eigenvalue weighted by Gasteiger charge is 2.15. The molecule has 6 nitrogen and oxygen atoms in total. The molecule has 0 atom stereocenters. The number of hydrogen-bond acceptors (Lipinski definition) is 5. The van der Waals surface area contributed by atoms with Crippen molar-refractivity contribution in [1.82, 2.24) is 15.5 Å². The molecule has 0 fully saturated rings. The van der Waals surface area contributed by atoms with Crippen LogP contribution in [0.25, 0.3) is 0 Å². The van der Waals surface area contributed by atoms with Gasteiger partial charge in [-0.15, -0.1) is 5.10 Å². The van der Waals surface area contributed by atoms with Gasteiger partial charge in [-0.25, -0.2) is 0 Å². The van der Waals surface area contributed by atoms with E-state index in [0.717, 1.165) is 23.2 Å². The molecule has 1 amide bonds. The van der Waals surface area contributed by atoms with Gasteiger partial charge in [0.2, 0.25) is 5.91 Å². The molecule has 0 spiro atoms. The largest absolute Gasteiger partial charge is 0.355 e. The van der Waals surface area contributed by atoms with Crippen molar-refractivity contribution < 1.29 is 4.79 Å². The number of anilines is 1. The molecule has 19 heavy (non-hydrogen) atoms. The van der Waals surface area contributed by atoms with Crippen LogP contribution < -0.4 is 16.0 Å². The number of nitrogens with two attached hydrogens (primary N) is 1. The average Bonchev–Trinajstić information content (AvgIpc) is 2.39. The number of aryl methyl sites for hydroxylation is 1. The van der Waals surface area contributed by atoms with Gasteiger partial charge < -0.3 is 16.0 Å². The molecular weight excluding hydrogens is 242 g/mol. The highest BCUT2D eigenvalue weighted by atomic mass is 16.2. The van der Waals surface area contributed by atoms with Crippen molar-refractivity contribution in [2.75, 3.05) is 25.0 Å². The summed E-state index contributed by atoms with van der Waals surface area (Å²) in [6, 6.07) is 0. The lowest BCUT2D eigenvalue weighted by Crippen LogP contribution is -2.36. The maximum absolute atomic E-state index is 11.7. The van der Waals surface area contributed by atoms with Gasteiger partial charge in [-0.2, -0.15) is 5.10 Å². The van der Waals surface area contributed by atoms with Crippen molar-refractivity contribution in [3.8, 4) is 0 Å². The molecule has 0 aliphatic carbocycles. The van der Waals surface area contributed by atoms with Crippen LogP contribution in [-0.4, -0.2) is 36.2 Å². The van der Waals surface area contributed by atoms with E-state index in [-0.39, 0.29) is 12.5 Å². The maximum Gasteiger partial charge on any atom is 0.239 e. The van der Waals surface area contributed by atoms with Gasteiger partial charge in [0.15, 0.2) is 5.82 Å². The monoisotopic (exact) mass is 265 g/mol. The summed E-state index contributed by atoms with van der Waals surface area (Å²) in [7, 11) is 1.82. The number of carbonyl (C=O) groups is 1. The van der Waals surface area contributed by atoms with Crippen LogP contribution in [0.3, 0.4) is 0 Å². The van der Waals surface area contributed by atoms with Crippen molar-refractivity contribution in [2.45, 2.75) is 33.7 Å². The molecule has 6 heteroatoms. The lowest BCUT2D eigenvalue weighted by Gasteiger charge is -2.21. The predicted molar refractivity (Wildman–Crippen MR) is 76.0 cm³/mol. The van der Waals surface area contributed by atoms with Crippen molar-refractivity contribution in [3.63, 3.8) is 0 Å². The quantitative estimate of drug-likeness (QED) is 0.783. The highest BCUT2D eigenvalue weighted by Crippen LogP contribution is 2.20. The first-order valence-electron chi connectivity index (χ1n) is 6.51. The molecule has 1 rings (SSSR count). The van der Waals surface area contributed by atoms with Gasteiger partial charge in [-0.3, -0.25) is 4.79 Å². The van der Waals surface area contributed by atoms with Gasteiger partial charge >= 0.3 is 0 Å². The van der Waals surface area contributed by atoms with Crippen LogP contribution in [0.2, 0.25) is 0 Å². The molecule has 1 heterocycles. The molecule has 0 saturated heterocycles. The second kappa shape index (κ2) is 7.04. The van der Waals surface area contributed by atoms with E-state index in [4.69, 9.17) is 5.73 Å². The van der Waals surface area contributed by atoms with Gasteiger partial charge in [0.1, 0.15) is 0 Å². The van der Waals surface area contributed by atoms with E-state index in [1.807, 2.05) is 27.8 Å². The Morgan fingerprint density at radius 3 is 2.63 bits per heavy atom. The number of likely N-dealkylation sites (N-methyl/N-ethyl adjacent to an activating group) is 1. The third-order valence-electron chi connectivity index (χ3n) is 3.08. The predicted octanol–water partition coefficient (Wildman–Crippen LogP) is 0.515. The molecule has 0 aliphatic rings. The van der Waals surface area contributed by atoms with Crippen LogP contribution in [0.4, 0.5) is 5.82 Å². The number of nitrogens with one attached hydrogen (secondary N) is 1. The van der Waals surface area contributed by atoms with Gasteiger partial charge in [-0.1, -0.05) is 6.92 Å². The summed E-state index contributed by atoms with van der Waals surface area (Å²) in [4.78, 5) is 13.5. The highest BCUT2D eigenvalue weighted by molar-refractivity contribution is 5.81. The van der Waals surface area contributed by atoms with Crippen molar-refractivity contribution in [1.29, 1.82) is 0 Å². The van der Waals surface area contributed by atoms with Crippen LogP contribution in [0.1, 0.15) is 30.2 Å². The average molecular weight is 265 g/mol. The van der Waals surface area contributed by atoms with Crippen molar-refractivity contribution >= 4 is 11.7 Å². The first kappa shape index (κ1) is 15.4. The Bertz CT molecular complexity index is 447. The Morgan fingerprint density at radius 1 is 1.37 bits per heavy atom. The SMILES string of the molecule is CCCNC(=O)CN(C)c1nnc(C)c(C)c1CN. The van der Waals surface area contributed by atoms with Gasteiger partial charge in [0, 0.05) is 25.7 Å². The van der Waals surface area contributed by atoms with E-state index in [9.17, 15) is 4.79 Å². The number of hydrogen-bond donors (Lipinski definition) is 2. The summed E-state index contributed by atoms with van der Waals surface area (Å²) in [5.74, 6) is 0.657. The van der Waals surface area contributed by atoms with Gasteiger partial charge in [0.05, 0.1) is 12.2 Å². The number of aromatic nitrogens is 2. The third kappa shape index (κ3) is 3.89. The number of rotatable bonds is 6. The number of nitrogens with zero attached hydrogens (tertiary/aromatic N) is 3. The maximum atomic E-state index is 11.7. The summed E-state index contributed by atoms with van der Waals surface area (Å²) in [5, 5.41) is 11.1. The minimum Gasteiger partial charge on any atom is -0.355 e. The molecule has 0 bridgehead atoms. The van der Waals surface area contributed by atoms with Crippen LogP contribution in [-0.2, 0) is 11.3 Å². The van der Waals surface area contributed by atoms with E-state index in [1.165, 1.54) is 0 Å². The topological polar surface area (TPSA) is 84.1 Å². The second-order valence-corrected chi connectivity index (χ2v) is 4.62. The summed E-state index contributed by atoms with van der Waals surface area (Å²) >= 11 is 0. The Kier molecular flexibility index (Phi) is 5.69. The third-order valence-corrected chi connectivity index (χ3v) is 3.08. The fraction of sp³-hybridized carbons (Fsp3) is 0.615. The Balaban J connectivity index is 2.85. The lowest BCUT2D eigenvalue weighted by molar-refractivity contribution is -0.119. The van der Waals surface area contributed by atoms with Crippen molar-refractivity contribution in [2.24, 2.45) is 5.73 Å². The standard InChI is InChI=1S/C13H23N5O/c1-5-6-15-12(19)8-18(4)13-11(7-14)9(2)10(3)16-17-13/h5-8,14H2,1-4H3,(H,15,19). The summed E-state index contributed by atoms with van der Waals surface area (Å²) in [5.41, 5.74) is 8.62. The first-order chi connectivity index (χ1) is 9.01. The molecule has 3 N–H and O–H groups in total. The molecule has 106 valence electrons. The van der Waals surface area contributed by atoms with E-state index >= 15 is 0 Å². The molecule has 1 aromatic heterocycles. The van der Waals surface area contributed by atoms with E-state index in [2.05, 4.69) is 15.5 Å². The minimum atomic E-state index is -0.0210. The fourth-order valence-electron chi connectivity index (χ4n) is 1.81. The molecule has 1 aromatic rings. The molecule has 0 saturated carbocycles. The number of amides is 1. The van der Waals surface area contributed by atoms with Crippen LogP contribution in [0.5, 0.6) is 0 Å². The normalized spacial score (nSPS) is 10.4. The summed E-state index contributed by atoms with van der Waals surface area (Å²) < 4.78 is 0. The van der Waals surface area contributed by atoms with Crippen LogP contribution in [0, 0.1) is 13.8 Å². The fourth-order valence-corrected chi connectivity index (χ4v) is 1.81. The molecule has 0 unspecified atom stereocenters. The summed E-state index contributed by atoms with van der Waals surface area (Å²) in [6.45, 7) is 7.23.